The third-order valence-electron chi connectivity index (χ3n) is 5.02. The number of amides is 1. The molecule has 0 aliphatic carbocycles. The van der Waals surface area contributed by atoms with Gasteiger partial charge in [0.2, 0.25) is 0 Å². The monoisotopic (exact) mass is 404 g/mol. The van der Waals surface area contributed by atoms with Gasteiger partial charge in [0.25, 0.3) is 5.91 Å². The molecule has 4 rings (SSSR count). The molecule has 1 amide bonds. The van der Waals surface area contributed by atoms with Gasteiger partial charge in [-0.3, -0.25) is 4.79 Å². The van der Waals surface area contributed by atoms with E-state index in [-0.39, 0.29) is 18.6 Å². The van der Waals surface area contributed by atoms with Crippen LogP contribution in [0.3, 0.4) is 0 Å². The van der Waals surface area contributed by atoms with Crippen molar-refractivity contribution in [2.75, 3.05) is 13.7 Å². The molecule has 0 N–H and O–H groups in total. The number of nitrogens with zero attached hydrogens (tertiary/aromatic N) is 2. The van der Waals surface area contributed by atoms with Crippen LogP contribution in [0.25, 0.3) is 0 Å². The molecule has 1 atom stereocenters. The molecule has 1 aliphatic rings. The lowest BCUT2D eigenvalue weighted by Crippen LogP contribution is -2.31. The van der Waals surface area contributed by atoms with Crippen LogP contribution in [0.5, 0.6) is 11.5 Å². The average molecular weight is 404 g/mol. The fourth-order valence-electron chi connectivity index (χ4n) is 3.63. The highest BCUT2D eigenvalue weighted by molar-refractivity contribution is 6.03. The summed E-state index contributed by atoms with van der Waals surface area (Å²) < 4.78 is 16.6. The first-order valence-electron chi connectivity index (χ1n) is 9.82. The predicted octanol–water partition coefficient (Wildman–Crippen LogP) is 4.66. The molecule has 0 unspecified atom stereocenters. The Labute approximate surface area is 175 Å². The van der Waals surface area contributed by atoms with Gasteiger partial charge in [-0.25, -0.2) is 5.01 Å². The second-order valence-corrected chi connectivity index (χ2v) is 7.36. The molecule has 3 aromatic rings. The number of carbonyl (C=O) groups is 1. The van der Waals surface area contributed by atoms with Crippen molar-refractivity contribution < 1.29 is 18.7 Å². The van der Waals surface area contributed by atoms with Gasteiger partial charge in [0.15, 0.2) is 6.61 Å². The standard InChI is InChI=1S/C24H24N2O4/c1-16-11-17(2)13-20(12-16)30-15-24(27)26-22(23-5-4-10-29-23)14-21(25-26)18-6-8-19(28-3)9-7-18/h4-13,22H,14-15H2,1-3H3/t22-/m0/s1. The van der Waals surface area contributed by atoms with Crippen molar-refractivity contribution >= 4 is 11.6 Å². The van der Waals surface area contributed by atoms with Gasteiger partial charge >= 0.3 is 0 Å². The van der Waals surface area contributed by atoms with Crippen LogP contribution in [0.1, 0.15) is 34.9 Å². The van der Waals surface area contributed by atoms with Crippen LogP contribution in [0, 0.1) is 13.8 Å². The minimum atomic E-state index is -0.299. The summed E-state index contributed by atoms with van der Waals surface area (Å²) in [6, 6.07) is 16.9. The number of carbonyl (C=O) groups excluding carboxylic acids is 1. The molecule has 154 valence electrons. The van der Waals surface area contributed by atoms with Gasteiger partial charge in [-0.2, -0.15) is 5.10 Å². The summed E-state index contributed by atoms with van der Waals surface area (Å²) >= 11 is 0. The summed E-state index contributed by atoms with van der Waals surface area (Å²) in [5.74, 6) is 1.92. The molecule has 0 radical (unpaired) electrons. The van der Waals surface area contributed by atoms with E-state index in [1.54, 1.807) is 13.4 Å². The molecule has 2 aromatic carbocycles. The largest absolute Gasteiger partial charge is 0.497 e. The van der Waals surface area contributed by atoms with E-state index in [0.717, 1.165) is 28.2 Å². The summed E-state index contributed by atoms with van der Waals surface area (Å²) in [6.07, 6.45) is 2.17. The predicted molar refractivity (Wildman–Crippen MR) is 114 cm³/mol. The third kappa shape index (κ3) is 4.22. The molecule has 0 saturated heterocycles. The summed E-state index contributed by atoms with van der Waals surface area (Å²) in [7, 11) is 1.63. The molecular formula is C24H24N2O4. The Kier molecular flexibility index (Phi) is 5.57. The Morgan fingerprint density at radius 2 is 1.83 bits per heavy atom. The Morgan fingerprint density at radius 3 is 2.47 bits per heavy atom. The van der Waals surface area contributed by atoms with Crippen molar-refractivity contribution in [1.29, 1.82) is 0 Å². The van der Waals surface area contributed by atoms with Crippen LogP contribution in [-0.4, -0.2) is 30.3 Å². The highest BCUT2D eigenvalue weighted by Gasteiger charge is 2.35. The average Bonchev–Trinajstić information content (AvgIpc) is 3.41. The molecule has 2 heterocycles. The Hall–Kier alpha value is -3.54. The summed E-state index contributed by atoms with van der Waals surface area (Å²) in [6.45, 7) is 3.90. The molecule has 1 aliphatic heterocycles. The molecule has 0 spiro atoms. The Morgan fingerprint density at radius 1 is 1.10 bits per heavy atom. The van der Waals surface area contributed by atoms with Gasteiger partial charge in [0, 0.05) is 6.42 Å². The third-order valence-corrected chi connectivity index (χ3v) is 5.02. The quantitative estimate of drug-likeness (QED) is 0.599. The van der Waals surface area contributed by atoms with Crippen LogP contribution < -0.4 is 9.47 Å². The van der Waals surface area contributed by atoms with E-state index in [9.17, 15) is 4.79 Å². The SMILES string of the molecule is COc1ccc(C2=NN(C(=O)COc3cc(C)cc(C)c3)[C@H](c3ccco3)C2)cc1. The molecule has 6 nitrogen and oxygen atoms in total. The molecular weight excluding hydrogens is 380 g/mol. The first kappa shape index (κ1) is 19.8. The fraction of sp³-hybridized carbons (Fsp3) is 0.250. The number of rotatable bonds is 6. The number of hydrazone groups is 1. The Balaban J connectivity index is 1.55. The number of hydrogen-bond acceptors (Lipinski definition) is 5. The topological polar surface area (TPSA) is 64.3 Å². The van der Waals surface area contributed by atoms with Crippen molar-refractivity contribution in [2.45, 2.75) is 26.3 Å². The molecule has 30 heavy (non-hydrogen) atoms. The molecule has 0 saturated carbocycles. The minimum absolute atomic E-state index is 0.0977. The lowest BCUT2D eigenvalue weighted by atomic mass is 10.0. The van der Waals surface area contributed by atoms with Crippen molar-refractivity contribution in [3.63, 3.8) is 0 Å². The number of methoxy groups -OCH3 is 1. The zero-order valence-corrected chi connectivity index (χ0v) is 17.3. The van der Waals surface area contributed by atoms with E-state index >= 15 is 0 Å². The van der Waals surface area contributed by atoms with Crippen molar-refractivity contribution in [3.05, 3.63) is 83.3 Å². The van der Waals surface area contributed by atoms with E-state index in [4.69, 9.17) is 13.9 Å². The zero-order chi connectivity index (χ0) is 21.1. The summed E-state index contributed by atoms with van der Waals surface area (Å²) in [5, 5.41) is 6.09. The normalized spacial score (nSPS) is 15.8. The number of ether oxygens (including phenoxy) is 2. The summed E-state index contributed by atoms with van der Waals surface area (Å²) in [4.78, 5) is 13.0. The fourth-order valence-corrected chi connectivity index (χ4v) is 3.63. The van der Waals surface area contributed by atoms with Gasteiger partial charge in [-0.1, -0.05) is 6.07 Å². The second kappa shape index (κ2) is 8.45. The van der Waals surface area contributed by atoms with Crippen LogP contribution in [-0.2, 0) is 4.79 Å². The van der Waals surface area contributed by atoms with Gasteiger partial charge in [0.05, 0.1) is 19.1 Å². The van der Waals surface area contributed by atoms with Crippen LogP contribution >= 0.6 is 0 Å². The maximum atomic E-state index is 13.0. The van der Waals surface area contributed by atoms with Crippen LogP contribution in [0.4, 0.5) is 0 Å². The first-order chi connectivity index (χ1) is 14.5. The van der Waals surface area contributed by atoms with E-state index in [1.165, 1.54) is 5.01 Å². The molecule has 1 aromatic heterocycles. The second-order valence-electron chi connectivity index (χ2n) is 7.36. The van der Waals surface area contributed by atoms with E-state index in [0.29, 0.717) is 17.9 Å². The summed E-state index contributed by atoms with van der Waals surface area (Å²) in [5.41, 5.74) is 3.94. The van der Waals surface area contributed by atoms with E-state index in [1.807, 2.05) is 62.4 Å². The highest BCUT2D eigenvalue weighted by atomic mass is 16.5. The number of aryl methyl sites for hydroxylation is 2. The van der Waals surface area contributed by atoms with Crippen molar-refractivity contribution in [3.8, 4) is 11.5 Å². The maximum Gasteiger partial charge on any atom is 0.281 e. The minimum Gasteiger partial charge on any atom is -0.497 e. The smallest absolute Gasteiger partial charge is 0.281 e. The van der Waals surface area contributed by atoms with E-state index < -0.39 is 0 Å². The van der Waals surface area contributed by atoms with Crippen molar-refractivity contribution in [2.24, 2.45) is 5.10 Å². The number of benzene rings is 2. The maximum absolute atomic E-state index is 13.0. The van der Waals surface area contributed by atoms with Crippen LogP contribution in [0.2, 0.25) is 0 Å². The Bertz CT molecular complexity index is 1040. The van der Waals surface area contributed by atoms with Gasteiger partial charge in [0.1, 0.15) is 23.3 Å². The lowest BCUT2D eigenvalue weighted by Gasteiger charge is -2.20. The molecule has 0 fully saturated rings. The molecule has 0 bridgehead atoms. The van der Waals surface area contributed by atoms with Gasteiger partial charge in [-0.15, -0.1) is 0 Å². The first-order valence-corrected chi connectivity index (χ1v) is 9.82. The van der Waals surface area contributed by atoms with Gasteiger partial charge in [-0.05, 0) is 79.1 Å². The zero-order valence-electron chi connectivity index (χ0n) is 17.3. The lowest BCUT2D eigenvalue weighted by molar-refractivity contribution is -0.135. The van der Waals surface area contributed by atoms with Crippen LogP contribution in [0.15, 0.2) is 70.4 Å². The highest BCUT2D eigenvalue weighted by Crippen LogP contribution is 2.33. The molecule has 6 heteroatoms. The van der Waals surface area contributed by atoms with E-state index in [2.05, 4.69) is 11.2 Å². The van der Waals surface area contributed by atoms with Crippen molar-refractivity contribution in [1.82, 2.24) is 5.01 Å². The number of hydrogen-bond donors (Lipinski definition) is 0. The van der Waals surface area contributed by atoms with Gasteiger partial charge < -0.3 is 13.9 Å². The number of furan rings is 1.